The average molecular weight is 369 g/mol. The van der Waals surface area contributed by atoms with Gasteiger partial charge in [0, 0.05) is 11.1 Å². The molecule has 3 rings (SSSR count). The maximum atomic E-state index is 12.2. The first-order valence-corrected chi connectivity index (χ1v) is 8.00. The van der Waals surface area contributed by atoms with Crippen molar-refractivity contribution in [1.82, 2.24) is 10.2 Å². The third-order valence-electron chi connectivity index (χ3n) is 3.69. The molecule has 1 heterocycles. The van der Waals surface area contributed by atoms with Crippen molar-refractivity contribution < 1.29 is 14.3 Å². The molecule has 0 spiro atoms. The first-order chi connectivity index (χ1) is 12.5. The van der Waals surface area contributed by atoms with Gasteiger partial charge in [0.2, 0.25) is 0 Å². The highest BCUT2D eigenvalue weighted by molar-refractivity contribution is 6.32. The number of carbonyl (C=O) groups excluding carboxylic acids is 2. The van der Waals surface area contributed by atoms with Crippen LogP contribution < -0.4 is 5.32 Å². The molecule has 0 fully saturated rings. The number of hydrogen-bond donors (Lipinski definition) is 2. The molecule has 0 radical (unpaired) electrons. The molecular formula is C18H13ClN4O3. The second kappa shape index (κ2) is 7.25. The quantitative estimate of drug-likeness (QED) is 0.687. The molecule has 0 saturated heterocycles. The molecule has 1 atom stereocenters. The van der Waals surface area contributed by atoms with E-state index in [1.54, 1.807) is 30.5 Å². The zero-order chi connectivity index (χ0) is 18.7. The number of H-pyrrole nitrogens is 1. The van der Waals surface area contributed by atoms with E-state index in [0.29, 0.717) is 22.3 Å². The highest BCUT2D eigenvalue weighted by Gasteiger charge is 2.19. The third-order valence-corrected chi connectivity index (χ3v) is 4.00. The maximum absolute atomic E-state index is 12.2. The van der Waals surface area contributed by atoms with E-state index in [4.69, 9.17) is 21.6 Å². The second-order valence-corrected chi connectivity index (χ2v) is 5.92. The normalized spacial score (nSPS) is 11.6. The maximum Gasteiger partial charge on any atom is 0.338 e. The standard InChI is InChI=1S/C18H13ClN4O3/c1-10(17(24)22-14-5-4-12(8-20)15(19)7-14)26-18(25)11-2-3-13-9-21-23-16(13)6-11/h2-7,9-10H,1H3,(H,21,23)(H,22,24)/t10-/m1/s1. The Balaban J connectivity index is 1.65. The fourth-order valence-electron chi connectivity index (χ4n) is 2.27. The van der Waals surface area contributed by atoms with E-state index < -0.39 is 18.0 Å². The lowest BCUT2D eigenvalue weighted by atomic mass is 10.2. The molecular weight excluding hydrogens is 356 g/mol. The molecule has 1 amide bonds. The number of fused-ring (bicyclic) bond motifs is 1. The van der Waals surface area contributed by atoms with Gasteiger partial charge in [-0.2, -0.15) is 10.4 Å². The van der Waals surface area contributed by atoms with Crippen LogP contribution in [0.5, 0.6) is 0 Å². The smallest absolute Gasteiger partial charge is 0.338 e. The Morgan fingerprint density at radius 1 is 1.31 bits per heavy atom. The predicted molar refractivity (Wildman–Crippen MR) is 95.8 cm³/mol. The molecule has 3 aromatic rings. The van der Waals surface area contributed by atoms with Gasteiger partial charge in [-0.3, -0.25) is 9.89 Å². The lowest BCUT2D eigenvalue weighted by molar-refractivity contribution is -0.123. The van der Waals surface area contributed by atoms with Gasteiger partial charge in [-0.25, -0.2) is 4.79 Å². The summed E-state index contributed by atoms with van der Waals surface area (Å²) >= 11 is 5.93. The number of hydrogen-bond acceptors (Lipinski definition) is 5. The lowest BCUT2D eigenvalue weighted by Gasteiger charge is -2.14. The number of nitrogens with one attached hydrogen (secondary N) is 2. The molecule has 1 aromatic heterocycles. The number of esters is 1. The van der Waals surface area contributed by atoms with Gasteiger partial charge in [0.25, 0.3) is 5.91 Å². The van der Waals surface area contributed by atoms with Crippen molar-refractivity contribution in [2.45, 2.75) is 13.0 Å². The predicted octanol–water partition coefficient (Wildman–Crippen LogP) is 3.27. The molecule has 7 nitrogen and oxygen atoms in total. The van der Waals surface area contributed by atoms with Crippen LogP contribution in [-0.2, 0) is 9.53 Å². The molecule has 0 bridgehead atoms. The lowest BCUT2D eigenvalue weighted by Crippen LogP contribution is -2.30. The van der Waals surface area contributed by atoms with Crippen LogP contribution in [-0.4, -0.2) is 28.2 Å². The van der Waals surface area contributed by atoms with Crippen molar-refractivity contribution in [3.05, 3.63) is 58.7 Å². The third kappa shape index (κ3) is 3.66. The Kier molecular flexibility index (Phi) is 4.87. The summed E-state index contributed by atoms with van der Waals surface area (Å²) in [5, 5.41) is 19.2. The molecule has 0 saturated carbocycles. The summed E-state index contributed by atoms with van der Waals surface area (Å²) in [6.07, 6.45) is 0.623. The van der Waals surface area contributed by atoms with Gasteiger partial charge in [0.05, 0.1) is 27.9 Å². The van der Waals surface area contributed by atoms with Crippen molar-refractivity contribution in [3.63, 3.8) is 0 Å². The number of benzene rings is 2. The number of anilines is 1. The topological polar surface area (TPSA) is 108 Å². The van der Waals surface area contributed by atoms with Crippen LogP contribution in [0.15, 0.2) is 42.6 Å². The second-order valence-electron chi connectivity index (χ2n) is 5.52. The Labute approximate surface area is 153 Å². The van der Waals surface area contributed by atoms with Crippen molar-refractivity contribution >= 4 is 40.1 Å². The van der Waals surface area contributed by atoms with Crippen molar-refractivity contribution in [1.29, 1.82) is 5.26 Å². The number of ether oxygens (including phenoxy) is 1. The van der Waals surface area contributed by atoms with Gasteiger partial charge < -0.3 is 10.1 Å². The summed E-state index contributed by atoms with van der Waals surface area (Å²) in [5.74, 6) is -1.14. The Bertz CT molecular complexity index is 1040. The Morgan fingerprint density at radius 2 is 2.12 bits per heavy atom. The summed E-state index contributed by atoms with van der Waals surface area (Å²) in [5.41, 5.74) is 1.71. The van der Waals surface area contributed by atoms with Crippen LogP contribution in [0.1, 0.15) is 22.8 Å². The van der Waals surface area contributed by atoms with Crippen molar-refractivity contribution in [2.24, 2.45) is 0 Å². The molecule has 130 valence electrons. The van der Waals surface area contributed by atoms with E-state index in [2.05, 4.69) is 15.5 Å². The summed E-state index contributed by atoms with van der Waals surface area (Å²) in [6.45, 7) is 1.47. The molecule has 26 heavy (non-hydrogen) atoms. The first-order valence-electron chi connectivity index (χ1n) is 7.62. The van der Waals surface area contributed by atoms with Crippen molar-refractivity contribution in [3.8, 4) is 6.07 Å². The average Bonchev–Trinajstić information content (AvgIpc) is 3.09. The number of aromatic amines is 1. The van der Waals surface area contributed by atoms with E-state index in [9.17, 15) is 9.59 Å². The van der Waals surface area contributed by atoms with Crippen molar-refractivity contribution in [2.75, 3.05) is 5.32 Å². The van der Waals surface area contributed by atoms with E-state index in [1.165, 1.54) is 19.1 Å². The van der Waals surface area contributed by atoms with Crippen LogP contribution >= 0.6 is 11.6 Å². The molecule has 8 heteroatoms. The molecule has 0 aliphatic rings. The van der Waals surface area contributed by atoms with Crippen LogP contribution in [0, 0.1) is 11.3 Å². The summed E-state index contributed by atoms with van der Waals surface area (Å²) in [7, 11) is 0. The molecule has 2 N–H and O–H groups in total. The monoisotopic (exact) mass is 368 g/mol. The number of aromatic nitrogens is 2. The van der Waals surface area contributed by atoms with Gasteiger partial charge in [0.1, 0.15) is 6.07 Å². The Hall–Kier alpha value is -3.37. The van der Waals surface area contributed by atoms with Gasteiger partial charge in [-0.1, -0.05) is 17.7 Å². The van der Waals surface area contributed by atoms with E-state index in [1.807, 2.05) is 6.07 Å². The van der Waals surface area contributed by atoms with Crippen LogP contribution in [0.2, 0.25) is 5.02 Å². The van der Waals surface area contributed by atoms with E-state index in [0.717, 1.165) is 5.39 Å². The molecule has 0 unspecified atom stereocenters. The number of nitriles is 1. The fraction of sp³-hybridized carbons (Fsp3) is 0.111. The molecule has 0 aliphatic heterocycles. The summed E-state index contributed by atoms with van der Waals surface area (Å²) < 4.78 is 5.20. The number of rotatable bonds is 4. The summed E-state index contributed by atoms with van der Waals surface area (Å²) in [6, 6.07) is 11.4. The Morgan fingerprint density at radius 3 is 2.85 bits per heavy atom. The highest BCUT2D eigenvalue weighted by Crippen LogP contribution is 2.20. The fourth-order valence-corrected chi connectivity index (χ4v) is 2.50. The number of carbonyl (C=O) groups is 2. The molecule has 2 aromatic carbocycles. The van der Waals surface area contributed by atoms with Crippen LogP contribution in [0.4, 0.5) is 5.69 Å². The van der Waals surface area contributed by atoms with Gasteiger partial charge in [-0.05, 0) is 37.3 Å². The summed E-state index contributed by atoms with van der Waals surface area (Å²) in [4.78, 5) is 24.4. The SMILES string of the molecule is C[C@@H](OC(=O)c1ccc2cn[nH]c2c1)C(=O)Nc1ccc(C#N)c(Cl)c1. The zero-order valence-corrected chi connectivity index (χ0v) is 14.4. The van der Waals surface area contributed by atoms with Gasteiger partial charge >= 0.3 is 5.97 Å². The largest absolute Gasteiger partial charge is 0.449 e. The molecule has 0 aliphatic carbocycles. The number of nitrogens with zero attached hydrogens (tertiary/aromatic N) is 2. The van der Waals surface area contributed by atoms with E-state index >= 15 is 0 Å². The van der Waals surface area contributed by atoms with Crippen LogP contribution in [0.3, 0.4) is 0 Å². The minimum atomic E-state index is -1.02. The first kappa shape index (κ1) is 17.5. The van der Waals surface area contributed by atoms with Gasteiger partial charge in [0.15, 0.2) is 6.10 Å². The van der Waals surface area contributed by atoms with E-state index in [-0.39, 0.29) is 5.02 Å². The zero-order valence-electron chi connectivity index (χ0n) is 13.6. The van der Waals surface area contributed by atoms with Crippen LogP contribution in [0.25, 0.3) is 10.9 Å². The highest BCUT2D eigenvalue weighted by atomic mass is 35.5. The minimum Gasteiger partial charge on any atom is -0.449 e. The number of amides is 1. The minimum absolute atomic E-state index is 0.225. The number of halogens is 1. The van der Waals surface area contributed by atoms with Gasteiger partial charge in [-0.15, -0.1) is 0 Å².